The highest BCUT2D eigenvalue weighted by Gasteiger charge is 2.24. The fraction of sp³-hybridized carbons (Fsp3) is 0.667. The van der Waals surface area contributed by atoms with Crippen molar-refractivity contribution in [3.05, 3.63) is 11.6 Å². The lowest BCUT2D eigenvalue weighted by molar-refractivity contribution is -0.105. The average Bonchev–Trinajstić information content (AvgIpc) is 2.05. The van der Waals surface area contributed by atoms with Gasteiger partial charge in [-0.25, -0.2) is 0 Å². The van der Waals surface area contributed by atoms with Crippen LogP contribution in [0.2, 0.25) is 0 Å². The highest BCUT2D eigenvalue weighted by Crippen LogP contribution is 2.23. The quantitative estimate of drug-likeness (QED) is 0.353. The Kier molecular flexibility index (Phi) is 3.23. The van der Waals surface area contributed by atoms with Crippen molar-refractivity contribution in [1.29, 1.82) is 0 Å². The second kappa shape index (κ2) is 4.01. The van der Waals surface area contributed by atoms with Crippen LogP contribution in [0.5, 0.6) is 0 Å². The number of aldehydes is 1. The normalized spacial score (nSPS) is 31.9. The van der Waals surface area contributed by atoms with Gasteiger partial charge in [0.2, 0.25) is 0 Å². The molecule has 1 aliphatic rings. The molecule has 1 saturated heterocycles. The van der Waals surface area contributed by atoms with Crippen LogP contribution in [-0.2, 0) is 9.53 Å². The molecule has 0 saturated carbocycles. The van der Waals surface area contributed by atoms with Crippen LogP contribution in [0.15, 0.2) is 11.6 Å². The van der Waals surface area contributed by atoms with Crippen LogP contribution in [0.25, 0.3) is 0 Å². The molecule has 0 aliphatic carbocycles. The van der Waals surface area contributed by atoms with Crippen molar-refractivity contribution in [3.8, 4) is 0 Å². The first-order valence-corrected chi connectivity index (χ1v) is 5.45. The lowest BCUT2D eigenvalue weighted by Gasteiger charge is -2.31. The molecule has 12 heavy (non-hydrogen) atoms. The summed E-state index contributed by atoms with van der Waals surface area (Å²) in [6.45, 7) is 2.69. The van der Waals surface area contributed by atoms with Gasteiger partial charge in [-0.3, -0.25) is 4.79 Å². The number of hydrogen-bond acceptors (Lipinski definition) is 2. The molecule has 68 valence electrons. The number of allylic oxidation sites excluding steroid dienone is 1. The summed E-state index contributed by atoms with van der Waals surface area (Å²) in [6.07, 6.45) is 6.37. The Hall–Kier alpha value is -0.413. The molecular formula is C9H16O2Si. The molecule has 1 rings (SSSR count). The van der Waals surface area contributed by atoms with Gasteiger partial charge in [0.1, 0.15) is 6.29 Å². The Morgan fingerprint density at radius 1 is 1.58 bits per heavy atom. The molecule has 2 nitrogen and oxygen atoms in total. The van der Waals surface area contributed by atoms with E-state index in [0.29, 0.717) is 0 Å². The molecular weight excluding hydrogens is 168 g/mol. The fourth-order valence-corrected chi connectivity index (χ4v) is 2.60. The summed E-state index contributed by atoms with van der Waals surface area (Å²) in [5.41, 5.74) is 0.798. The molecule has 0 radical (unpaired) electrons. The average molecular weight is 184 g/mol. The molecule has 0 aromatic rings. The lowest BCUT2D eigenvalue weighted by atomic mass is 10.1. The first-order valence-electron chi connectivity index (χ1n) is 4.45. The van der Waals surface area contributed by atoms with Gasteiger partial charge in [0.25, 0.3) is 0 Å². The number of rotatable bonds is 2. The summed E-state index contributed by atoms with van der Waals surface area (Å²) in [5, 5.41) is -0.0523. The third kappa shape index (κ3) is 2.57. The zero-order valence-corrected chi connectivity index (χ0v) is 9.80. The van der Waals surface area contributed by atoms with Gasteiger partial charge < -0.3 is 4.74 Å². The van der Waals surface area contributed by atoms with Crippen molar-refractivity contribution >= 4 is 16.5 Å². The van der Waals surface area contributed by atoms with Crippen molar-refractivity contribution in [3.63, 3.8) is 0 Å². The van der Waals surface area contributed by atoms with Crippen LogP contribution in [0, 0.1) is 0 Å². The Labute approximate surface area is 76.4 Å². The van der Waals surface area contributed by atoms with E-state index in [0.717, 1.165) is 41.6 Å². The Morgan fingerprint density at radius 3 is 2.83 bits per heavy atom. The summed E-state index contributed by atoms with van der Waals surface area (Å²) < 4.78 is 5.66. The van der Waals surface area contributed by atoms with E-state index < -0.39 is 0 Å². The molecule has 0 bridgehead atoms. The maximum absolute atomic E-state index is 10.4. The van der Waals surface area contributed by atoms with Gasteiger partial charge in [0.05, 0.1) is 5.22 Å². The van der Waals surface area contributed by atoms with E-state index in [1.807, 2.05) is 13.0 Å². The number of carbonyl (C=O) groups excluding carboxylic acids is 1. The van der Waals surface area contributed by atoms with Crippen LogP contribution < -0.4 is 0 Å². The second-order valence-corrected chi connectivity index (χ2v) is 5.32. The molecule has 1 heterocycles. The molecule has 3 heteroatoms. The molecule has 1 atom stereocenters. The summed E-state index contributed by atoms with van der Waals surface area (Å²) >= 11 is 0. The van der Waals surface area contributed by atoms with Crippen LogP contribution in [0.1, 0.15) is 26.2 Å². The van der Waals surface area contributed by atoms with E-state index in [-0.39, 0.29) is 5.22 Å². The molecule has 1 fully saturated rings. The number of hydrogen-bond donors (Lipinski definition) is 0. The largest absolute Gasteiger partial charge is 0.376 e. The van der Waals surface area contributed by atoms with E-state index >= 15 is 0 Å². The monoisotopic (exact) mass is 184 g/mol. The minimum atomic E-state index is -0.0523. The topological polar surface area (TPSA) is 26.3 Å². The first-order chi connectivity index (χ1) is 5.66. The Morgan fingerprint density at radius 2 is 2.33 bits per heavy atom. The minimum absolute atomic E-state index is 0.0523. The highest BCUT2D eigenvalue weighted by molar-refractivity contribution is 6.16. The smallest absolute Gasteiger partial charge is 0.145 e. The van der Waals surface area contributed by atoms with Crippen molar-refractivity contribution < 1.29 is 9.53 Å². The van der Waals surface area contributed by atoms with E-state index in [1.54, 1.807) is 0 Å². The number of carbonyl (C=O) groups is 1. The first kappa shape index (κ1) is 9.67. The van der Waals surface area contributed by atoms with Gasteiger partial charge in [-0.05, 0) is 31.8 Å². The van der Waals surface area contributed by atoms with Crippen molar-refractivity contribution in [2.75, 3.05) is 6.61 Å². The standard InChI is InChI=1S/C9H16O2Si/c1-8(7-10)6-9(12)4-2-3-5-11-9/h6-7H,2-5H2,1,12H3. The zero-order chi connectivity index (χ0) is 9.03. The molecule has 0 aromatic carbocycles. The molecule has 1 unspecified atom stereocenters. The summed E-state index contributed by atoms with van der Waals surface area (Å²) in [5.74, 6) is 0. The summed E-state index contributed by atoms with van der Waals surface area (Å²) in [4.78, 5) is 10.4. The molecule has 0 N–H and O–H groups in total. The van der Waals surface area contributed by atoms with Crippen LogP contribution in [0.4, 0.5) is 0 Å². The van der Waals surface area contributed by atoms with Gasteiger partial charge in [-0.15, -0.1) is 0 Å². The van der Waals surface area contributed by atoms with Gasteiger partial charge in [-0.1, -0.05) is 6.08 Å². The maximum Gasteiger partial charge on any atom is 0.145 e. The van der Waals surface area contributed by atoms with Crippen molar-refractivity contribution in [1.82, 2.24) is 0 Å². The van der Waals surface area contributed by atoms with Crippen LogP contribution in [-0.4, -0.2) is 28.4 Å². The van der Waals surface area contributed by atoms with E-state index in [1.165, 1.54) is 6.42 Å². The van der Waals surface area contributed by atoms with Gasteiger partial charge in [0.15, 0.2) is 0 Å². The molecule has 0 amide bonds. The summed E-state index contributed by atoms with van der Waals surface area (Å²) in [7, 11) is 0.975. The van der Waals surface area contributed by atoms with E-state index in [9.17, 15) is 4.79 Å². The van der Waals surface area contributed by atoms with Gasteiger partial charge in [-0.2, -0.15) is 0 Å². The van der Waals surface area contributed by atoms with Crippen LogP contribution in [0.3, 0.4) is 0 Å². The molecule has 0 aromatic heterocycles. The molecule has 0 spiro atoms. The second-order valence-electron chi connectivity index (χ2n) is 3.62. The minimum Gasteiger partial charge on any atom is -0.376 e. The highest BCUT2D eigenvalue weighted by atomic mass is 28.1. The third-order valence-electron chi connectivity index (χ3n) is 2.22. The summed E-state index contributed by atoms with van der Waals surface area (Å²) in [6, 6.07) is 0. The third-order valence-corrected chi connectivity index (χ3v) is 3.30. The van der Waals surface area contributed by atoms with Crippen LogP contribution >= 0.6 is 0 Å². The van der Waals surface area contributed by atoms with Gasteiger partial charge in [0, 0.05) is 16.8 Å². The predicted octanol–water partition coefficient (Wildman–Crippen LogP) is 0.394. The number of ether oxygens (including phenoxy) is 1. The van der Waals surface area contributed by atoms with Crippen molar-refractivity contribution in [2.24, 2.45) is 0 Å². The maximum atomic E-state index is 10.4. The molecule has 1 aliphatic heterocycles. The predicted molar refractivity (Wildman–Crippen MR) is 52.3 cm³/mol. The van der Waals surface area contributed by atoms with Gasteiger partial charge >= 0.3 is 0 Å². The Balaban J connectivity index is 2.63. The van der Waals surface area contributed by atoms with E-state index in [2.05, 4.69) is 0 Å². The lowest BCUT2D eigenvalue weighted by Crippen LogP contribution is -2.34. The van der Waals surface area contributed by atoms with Crippen molar-refractivity contribution in [2.45, 2.75) is 31.4 Å². The zero-order valence-electron chi connectivity index (χ0n) is 7.80. The van der Waals surface area contributed by atoms with E-state index in [4.69, 9.17) is 4.74 Å². The SMILES string of the molecule is CC(C=O)=CC1([SiH3])CCCCO1. The fourth-order valence-electron chi connectivity index (χ4n) is 1.59. The Bertz CT molecular complexity index is 193.